The van der Waals surface area contributed by atoms with Crippen molar-refractivity contribution in [2.24, 2.45) is 5.73 Å². The zero-order chi connectivity index (χ0) is 23.8. The van der Waals surface area contributed by atoms with E-state index in [9.17, 15) is 18.0 Å². The van der Waals surface area contributed by atoms with Gasteiger partial charge in [0.05, 0.1) is 11.1 Å². The van der Waals surface area contributed by atoms with Gasteiger partial charge in [-0.05, 0) is 60.5 Å². The van der Waals surface area contributed by atoms with Crippen molar-refractivity contribution in [2.75, 3.05) is 13.1 Å². The van der Waals surface area contributed by atoms with Gasteiger partial charge in [-0.25, -0.2) is 0 Å². The molecular weight excluding hydrogens is 453 g/mol. The molecule has 0 radical (unpaired) electrons. The highest BCUT2D eigenvalue weighted by atomic mass is 35.5. The molecule has 0 atom stereocenters. The van der Waals surface area contributed by atoms with E-state index >= 15 is 0 Å². The van der Waals surface area contributed by atoms with Gasteiger partial charge in [0.25, 0.3) is 5.91 Å². The molecule has 33 heavy (non-hydrogen) atoms. The zero-order valence-corrected chi connectivity index (χ0v) is 18.6. The van der Waals surface area contributed by atoms with Gasteiger partial charge in [0.1, 0.15) is 12.4 Å². The number of ether oxygens (including phenoxy) is 1. The summed E-state index contributed by atoms with van der Waals surface area (Å²) in [6.07, 6.45) is -3.76. The number of hydrogen-bond donors (Lipinski definition) is 1. The van der Waals surface area contributed by atoms with E-state index in [1.54, 1.807) is 41.3 Å². The summed E-state index contributed by atoms with van der Waals surface area (Å²) in [5.74, 6) is 0.137. The van der Waals surface area contributed by atoms with Crippen LogP contribution in [0.15, 0.2) is 72.8 Å². The standard InChI is InChI=1S/C25H24ClF3N2O2/c26-21-12-8-18(9-13-21)16-31(15-3-14-30)24(32)22-4-1-2-5-23(22)33-17-19-6-10-20(11-7-19)25(27,28)29/h1-2,4-13H,3,14-17,30H2. The second-order valence-corrected chi connectivity index (χ2v) is 7.91. The third-order valence-corrected chi connectivity index (χ3v) is 5.25. The van der Waals surface area contributed by atoms with Gasteiger partial charge in [-0.3, -0.25) is 4.79 Å². The molecule has 0 heterocycles. The van der Waals surface area contributed by atoms with Crippen molar-refractivity contribution >= 4 is 17.5 Å². The van der Waals surface area contributed by atoms with E-state index in [0.29, 0.717) is 48.0 Å². The summed E-state index contributed by atoms with van der Waals surface area (Å²) in [5.41, 5.74) is 6.79. The highest BCUT2D eigenvalue weighted by Gasteiger charge is 2.30. The number of carbonyl (C=O) groups is 1. The molecule has 0 fully saturated rings. The minimum absolute atomic E-state index is 0.0302. The van der Waals surface area contributed by atoms with Gasteiger partial charge >= 0.3 is 6.18 Å². The van der Waals surface area contributed by atoms with Crippen LogP contribution in [0.5, 0.6) is 5.75 Å². The minimum Gasteiger partial charge on any atom is -0.488 e. The molecule has 0 aliphatic rings. The molecule has 0 spiro atoms. The average molecular weight is 477 g/mol. The Bertz CT molecular complexity index is 1050. The van der Waals surface area contributed by atoms with Crippen LogP contribution in [0.1, 0.15) is 33.5 Å². The molecule has 174 valence electrons. The van der Waals surface area contributed by atoms with E-state index < -0.39 is 11.7 Å². The van der Waals surface area contributed by atoms with Crippen molar-refractivity contribution in [1.29, 1.82) is 0 Å². The van der Waals surface area contributed by atoms with Crippen molar-refractivity contribution in [1.82, 2.24) is 4.90 Å². The first-order valence-corrected chi connectivity index (χ1v) is 10.8. The molecule has 4 nitrogen and oxygen atoms in total. The molecule has 0 unspecified atom stereocenters. The molecule has 2 N–H and O–H groups in total. The second-order valence-electron chi connectivity index (χ2n) is 7.47. The first-order valence-electron chi connectivity index (χ1n) is 10.4. The molecule has 0 bridgehead atoms. The predicted molar refractivity (Wildman–Crippen MR) is 122 cm³/mol. The fraction of sp³-hybridized carbons (Fsp3) is 0.240. The van der Waals surface area contributed by atoms with Gasteiger partial charge in [0.2, 0.25) is 0 Å². The quantitative estimate of drug-likeness (QED) is 0.416. The summed E-state index contributed by atoms with van der Waals surface area (Å²) in [7, 11) is 0. The Kier molecular flexibility index (Phi) is 8.36. The lowest BCUT2D eigenvalue weighted by Crippen LogP contribution is -2.32. The smallest absolute Gasteiger partial charge is 0.416 e. The summed E-state index contributed by atoms with van der Waals surface area (Å²) in [5, 5.41) is 0.612. The molecule has 8 heteroatoms. The van der Waals surface area contributed by atoms with Crippen LogP contribution in [0.3, 0.4) is 0 Å². The van der Waals surface area contributed by atoms with Gasteiger partial charge in [-0.1, -0.05) is 48.0 Å². The number of halogens is 4. The first kappa shape index (κ1) is 24.6. The number of nitrogens with two attached hydrogens (primary N) is 1. The van der Waals surface area contributed by atoms with E-state index in [1.807, 2.05) is 12.1 Å². The fourth-order valence-electron chi connectivity index (χ4n) is 3.24. The van der Waals surface area contributed by atoms with Crippen molar-refractivity contribution < 1.29 is 22.7 Å². The third-order valence-electron chi connectivity index (χ3n) is 5.00. The SMILES string of the molecule is NCCCN(Cc1ccc(Cl)cc1)C(=O)c1ccccc1OCc1ccc(C(F)(F)F)cc1. The predicted octanol–water partition coefficient (Wildman–Crippen LogP) is 5.93. The zero-order valence-electron chi connectivity index (χ0n) is 17.8. The number of para-hydroxylation sites is 1. The largest absolute Gasteiger partial charge is 0.488 e. The van der Waals surface area contributed by atoms with Gasteiger partial charge in [-0.15, -0.1) is 0 Å². The Balaban J connectivity index is 1.75. The summed E-state index contributed by atoms with van der Waals surface area (Å²) < 4.78 is 44.1. The van der Waals surface area contributed by atoms with Crippen LogP contribution in [0.25, 0.3) is 0 Å². The number of hydrogen-bond acceptors (Lipinski definition) is 3. The van der Waals surface area contributed by atoms with E-state index in [4.69, 9.17) is 22.1 Å². The van der Waals surface area contributed by atoms with Gasteiger partial charge in [0, 0.05) is 18.1 Å². The minimum atomic E-state index is -4.39. The molecule has 3 aromatic rings. The second kappa shape index (κ2) is 11.2. The van der Waals surface area contributed by atoms with E-state index in [1.165, 1.54) is 12.1 Å². The van der Waals surface area contributed by atoms with Crippen LogP contribution in [-0.2, 0) is 19.3 Å². The number of alkyl halides is 3. The lowest BCUT2D eigenvalue weighted by atomic mass is 10.1. The maximum atomic E-state index is 13.4. The molecular formula is C25H24ClF3N2O2. The molecule has 0 aliphatic carbocycles. The molecule has 3 rings (SSSR count). The molecule has 0 aliphatic heterocycles. The van der Waals surface area contributed by atoms with Crippen molar-refractivity contribution in [3.63, 3.8) is 0 Å². The summed E-state index contributed by atoms with van der Waals surface area (Å²) in [6, 6.07) is 18.8. The Morgan fingerprint density at radius 1 is 0.939 bits per heavy atom. The topological polar surface area (TPSA) is 55.6 Å². The molecule has 1 amide bonds. The maximum Gasteiger partial charge on any atom is 0.416 e. The molecule has 3 aromatic carbocycles. The summed E-state index contributed by atoms with van der Waals surface area (Å²) in [6.45, 7) is 1.31. The summed E-state index contributed by atoms with van der Waals surface area (Å²) in [4.78, 5) is 15.1. The highest BCUT2D eigenvalue weighted by Crippen LogP contribution is 2.29. The van der Waals surface area contributed by atoms with Crippen molar-refractivity contribution in [3.8, 4) is 5.75 Å². The van der Waals surface area contributed by atoms with Gasteiger partial charge in [-0.2, -0.15) is 13.2 Å². The highest BCUT2D eigenvalue weighted by molar-refractivity contribution is 6.30. The molecule has 0 saturated carbocycles. The van der Waals surface area contributed by atoms with Crippen LogP contribution in [0, 0.1) is 0 Å². The van der Waals surface area contributed by atoms with Crippen LogP contribution in [-0.4, -0.2) is 23.9 Å². The van der Waals surface area contributed by atoms with Crippen LogP contribution < -0.4 is 10.5 Å². The van der Waals surface area contributed by atoms with Crippen LogP contribution in [0.4, 0.5) is 13.2 Å². The first-order chi connectivity index (χ1) is 15.8. The number of rotatable bonds is 9. The number of nitrogens with zero attached hydrogens (tertiary/aromatic N) is 1. The third kappa shape index (κ3) is 6.97. The normalized spacial score (nSPS) is 11.3. The lowest BCUT2D eigenvalue weighted by Gasteiger charge is -2.24. The summed E-state index contributed by atoms with van der Waals surface area (Å²) >= 11 is 5.96. The van der Waals surface area contributed by atoms with Gasteiger partial charge in [0.15, 0.2) is 0 Å². The lowest BCUT2D eigenvalue weighted by molar-refractivity contribution is -0.137. The van der Waals surface area contributed by atoms with E-state index in [2.05, 4.69) is 0 Å². The monoisotopic (exact) mass is 476 g/mol. The number of benzene rings is 3. The Hall–Kier alpha value is -3.03. The molecule has 0 aromatic heterocycles. The Morgan fingerprint density at radius 2 is 1.58 bits per heavy atom. The number of carbonyl (C=O) groups excluding carboxylic acids is 1. The Labute approximate surface area is 195 Å². The van der Waals surface area contributed by atoms with Crippen molar-refractivity contribution in [3.05, 3.63) is 100 Å². The van der Waals surface area contributed by atoms with Crippen molar-refractivity contribution in [2.45, 2.75) is 25.7 Å². The van der Waals surface area contributed by atoms with Crippen LogP contribution >= 0.6 is 11.6 Å². The van der Waals surface area contributed by atoms with Gasteiger partial charge < -0.3 is 15.4 Å². The Morgan fingerprint density at radius 3 is 2.21 bits per heavy atom. The maximum absolute atomic E-state index is 13.4. The average Bonchev–Trinajstić information content (AvgIpc) is 2.81. The number of amides is 1. The molecule has 0 saturated heterocycles. The van der Waals surface area contributed by atoms with E-state index in [0.717, 1.165) is 17.7 Å². The van der Waals surface area contributed by atoms with E-state index in [-0.39, 0.29) is 12.5 Å². The fourth-order valence-corrected chi connectivity index (χ4v) is 3.36. The van der Waals surface area contributed by atoms with Crippen LogP contribution in [0.2, 0.25) is 5.02 Å².